The van der Waals surface area contributed by atoms with Crippen LogP contribution in [0, 0.1) is 13.8 Å². The third kappa shape index (κ3) is 3.70. The molecule has 0 saturated carbocycles. The molecule has 1 aliphatic rings. The lowest BCUT2D eigenvalue weighted by Gasteiger charge is -2.23. The van der Waals surface area contributed by atoms with Crippen molar-refractivity contribution in [1.82, 2.24) is 9.55 Å². The molecule has 0 aromatic carbocycles. The van der Waals surface area contributed by atoms with Crippen LogP contribution < -0.4 is 9.74 Å². The van der Waals surface area contributed by atoms with Crippen LogP contribution in [0.4, 0.5) is 13.2 Å². The normalized spacial score (nSPS) is 21.2. The molecule has 1 aliphatic carbocycles. The second kappa shape index (κ2) is 6.65. The predicted molar refractivity (Wildman–Crippen MR) is 86.3 cm³/mol. The zero-order chi connectivity index (χ0) is 19.2. The van der Waals surface area contributed by atoms with Crippen LogP contribution in [0.3, 0.4) is 0 Å². The minimum Gasteiger partial charge on any atom is -0.355 e. The molecule has 2 rings (SSSR count). The van der Waals surface area contributed by atoms with Crippen molar-refractivity contribution >= 4 is 39.0 Å². The van der Waals surface area contributed by atoms with Gasteiger partial charge in [0, 0.05) is 5.70 Å². The second-order valence-electron chi connectivity index (χ2n) is 5.04. The molecule has 0 unspecified atom stereocenters. The zero-order valence-electron chi connectivity index (χ0n) is 12.7. The minimum absolute atomic E-state index is 0.112. The van der Waals surface area contributed by atoms with Crippen molar-refractivity contribution in [3.63, 3.8) is 0 Å². The molecule has 0 saturated heterocycles. The van der Waals surface area contributed by atoms with E-state index in [4.69, 9.17) is 23.2 Å². The van der Waals surface area contributed by atoms with E-state index in [1.807, 2.05) is 0 Å². The number of nitrogens with zero attached hydrogens (tertiary/aromatic N) is 2. The average molecular weight is 419 g/mol. The van der Waals surface area contributed by atoms with Crippen LogP contribution in [0.5, 0.6) is 5.88 Å². The van der Waals surface area contributed by atoms with Gasteiger partial charge in [0.2, 0.25) is 5.88 Å². The number of aryl methyl sites for hydroxylation is 1. The van der Waals surface area contributed by atoms with Crippen molar-refractivity contribution in [3.8, 4) is 5.88 Å². The summed E-state index contributed by atoms with van der Waals surface area (Å²) in [6.07, 6.45) is 4.65. The molecular weight excluding hydrogens is 408 g/mol. The fraction of sp³-hybridized carbons (Fsp3) is 0.385. The molecule has 0 fully saturated rings. The summed E-state index contributed by atoms with van der Waals surface area (Å²) in [5.41, 5.74) is -6.64. The molecule has 25 heavy (non-hydrogen) atoms. The van der Waals surface area contributed by atoms with Gasteiger partial charge in [-0.25, -0.2) is 0 Å². The van der Waals surface area contributed by atoms with Gasteiger partial charge in [0.1, 0.15) is 5.82 Å². The lowest BCUT2D eigenvalue weighted by molar-refractivity contribution is -0.0501. The van der Waals surface area contributed by atoms with Crippen LogP contribution in [0.15, 0.2) is 23.0 Å². The van der Waals surface area contributed by atoms with Gasteiger partial charge in [-0.15, -0.1) is 23.2 Å². The lowest BCUT2D eigenvalue weighted by Crippen LogP contribution is -2.34. The first kappa shape index (κ1) is 19.8. The lowest BCUT2D eigenvalue weighted by atomic mass is 10.1. The number of alkyl halides is 5. The first-order valence-electron chi connectivity index (χ1n) is 6.64. The third-order valence-electron chi connectivity index (χ3n) is 3.29. The van der Waals surface area contributed by atoms with Gasteiger partial charge >= 0.3 is 15.6 Å². The number of hydrogen-bond acceptors (Lipinski definition) is 5. The standard InChI is InChI=1S/C13H11Cl2F3N2O4S/c1-6-11(24-25(22,23)13(16,17)18)19-7(2)20(12(6)21)9-5-3-4-8(14)10(9)15/h3-5,8,10H,1-2H3/t8-,10-/m1/s1. The molecule has 1 aromatic heterocycles. The highest BCUT2D eigenvalue weighted by atomic mass is 35.5. The van der Waals surface area contributed by atoms with Crippen molar-refractivity contribution in [1.29, 1.82) is 0 Å². The number of hydrogen-bond donors (Lipinski definition) is 0. The maximum Gasteiger partial charge on any atom is 0.534 e. The highest BCUT2D eigenvalue weighted by Gasteiger charge is 2.49. The van der Waals surface area contributed by atoms with Gasteiger partial charge in [-0.05, 0) is 19.9 Å². The first-order chi connectivity index (χ1) is 11.4. The Labute approximate surface area is 150 Å². The Balaban J connectivity index is 2.57. The molecular formula is C13H11Cl2F3N2O4S. The summed E-state index contributed by atoms with van der Waals surface area (Å²) in [5.74, 6) is -1.06. The number of aromatic nitrogens is 2. The molecule has 1 heterocycles. The highest BCUT2D eigenvalue weighted by molar-refractivity contribution is 7.87. The van der Waals surface area contributed by atoms with Gasteiger partial charge in [0.15, 0.2) is 0 Å². The van der Waals surface area contributed by atoms with Crippen LogP contribution in [0.25, 0.3) is 5.70 Å². The number of rotatable bonds is 3. The van der Waals surface area contributed by atoms with Crippen molar-refractivity contribution in [3.05, 3.63) is 40.0 Å². The summed E-state index contributed by atoms with van der Waals surface area (Å²) in [5, 5.41) is -1.41. The molecule has 0 aliphatic heterocycles. The summed E-state index contributed by atoms with van der Waals surface area (Å²) in [6, 6.07) is 0. The van der Waals surface area contributed by atoms with Gasteiger partial charge in [0.05, 0.1) is 16.3 Å². The van der Waals surface area contributed by atoms with Crippen LogP contribution in [-0.2, 0) is 10.1 Å². The van der Waals surface area contributed by atoms with E-state index in [1.54, 1.807) is 12.2 Å². The number of allylic oxidation sites excluding steroid dienone is 4. The SMILES string of the molecule is Cc1c(OS(=O)(=O)C(F)(F)F)nc(C)n(C2=CC=C[C@@H](Cl)[C@H]2Cl)c1=O. The summed E-state index contributed by atoms with van der Waals surface area (Å²) in [6.45, 7) is 2.38. The second-order valence-corrected chi connectivity index (χ2v) is 7.55. The smallest absolute Gasteiger partial charge is 0.355 e. The van der Waals surface area contributed by atoms with E-state index in [0.29, 0.717) is 0 Å². The number of halogens is 5. The van der Waals surface area contributed by atoms with Gasteiger partial charge in [-0.3, -0.25) is 9.36 Å². The van der Waals surface area contributed by atoms with Crippen LogP contribution in [0.1, 0.15) is 11.4 Å². The monoisotopic (exact) mass is 418 g/mol. The highest BCUT2D eigenvalue weighted by Crippen LogP contribution is 2.29. The van der Waals surface area contributed by atoms with Crippen LogP contribution in [0.2, 0.25) is 0 Å². The molecule has 0 spiro atoms. The van der Waals surface area contributed by atoms with Crippen LogP contribution in [-0.4, -0.2) is 34.2 Å². The topological polar surface area (TPSA) is 78.3 Å². The molecule has 138 valence electrons. The fourth-order valence-electron chi connectivity index (χ4n) is 2.03. The Morgan fingerprint density at radius 2 is 1.88 bits per heavy atom. The average Bonchev–Trinajstić information content (AvgIpc) is 2.47. The van der Waals surface area contributed by atoms with Gasteiger partial charge < -0.3 is 4.18 Å². The zero-order valence-corrected chi connectivity index (χ0v) is 15.0. The molecule has 0 radical (unpaired) electrons. The molecule has 0 bridgehead atoms. The summed E-state index contributed by atoms with van der Waals surface area (Å²) >= 11 is 12.2. The van der Waals surface area contributed by atoms with Crippen molar-refractivity contribution < 1.29 is 25.8 Å². The Morgan fingerprint density at radius 1 is 1.28 bits per heavy atom. The summed E-state index contributed by atoms with van der Waals surface area (Å²) in [4.78, 5) is 16.2. The predicted octanol–water partition coefficient (Wildman–Crippen LogP) is 2.71. The molecule has 0 N–H and O–H groups in total. The minimum atomic E-state index is -5.95. The van der Waals surface area contributed by atoms with E-state index in [9.17, 15) is 26.4 Å². The van der Waals surface area contributed by atoms with E-state index in [1.165, 1.54) is 13.0 Å². The third-order valence-corrected chi connectivity index (χ3v) is 5.25. The Morgan fingerprint density at radius 3 is 2.44 bits per heavy atom. The quantitative estimate of drug-likeness (QED) is 0.428. The van der Waals surface area contributed by atoms with E-state index < -0.39 is 43.4 Å². The molecule has 2 atom stereocenters. The van der Waals surface area contributed by atoms with Gasteiger partial charge in [0.25, 0.3) is 5.56 Å². The molecule has 1 aromatic rings. The summed E-state index contributed by atoms with van der Waals surface area (Å²) < 4.78 is 64.6. The van der Waals surface area contributed by atoms with Crippen molar-refractivity contribution in [2.75, 3.05) is 0 Å². The van der Waals surface area contributed by atoms with E-state index in [0.717, 1.165) is 11.5 Å². The Kier molecular flexibility index (Phi) is 5.27. The maximum atomic E-state index is 12.5. The van der Waals surface area contributed by atoms with E-state index in [2.05, 4.69) is 9.17 Å². The molecule has 0 amide bonds. The van der Waals surface area contributed by atoms with Gasteiger partial charge in [-0.1, -0.05) is 12.2 Å². The van der Waals surface area contributed by atoms with Crippen molar-refractivity contribution in [2.24, 2.45) is 0 Å². The molecule has 6 nitrogen and oxygen atoms in total. The van der Waals surface area contributed by atoms with Crippen molar-refractivity contribution in [2.45, 2.75) is 30.1 Å². The largest absolute Gasteiger partial charge is 0.534 e. The Hall–Kier alpha value is -1.52. The Bertz CT molecular complexity index is 922. The maximum absolute atomic E-state index is 12.5. The summed E-state index contributed by atoms with van der Waals surface area (Å²) in [7, 11) is -5.95. The van der Waals surface area contributed by atoms with Gasteiger partial charge in [-0.2, -0.15) is 26.6 Å². The first-order valence-corrected chi connectivity index (χ1v) is 8.93. The fourth-order valence-corrected chi connectivity index (χ4v) is 2.97. The van der Waals surface area contributed by atoms with Crippen LogP contribution >= 0.6 is 23.2 Å². The van der Waals surface area contributed by atoms with E-state index in [-0.39, 0.29) is 11.5 Å². The molecule has 12 heteroatoms. The van der Waals surface area contributed by atoms with E-state index >= 15 is 0 Å².